The topological polar surface area (TPSA) is 83.8 Å². The largest absolute Gasteiger partial charge is 0.477 e. The van der Waals surface area contributed by atoms with Gasteiger partial charge < -0.3 is 24.6 Å². The summed E-state index contributed by atoms with van der Waals surface area (Å²) in [5.74, 6) is -2.26. The van der Waals surface area contributed by atoms with Crippen LogP contribution in [0.2, 0.25) is 0 Å². The SMILES string of the molecule is CC(CF)(CF)n1cc(C(=O)O)c(=O)c2cc(F)c(N3CC4NCCOC4C3)cc21. The molecule has 162 valence electrons. The minimum atomic E-state index is -1.74. The third-order valence-corrected chi connectivity index (χ3v) is 5.91. The highest BCUT2D eigenvalue weighted by atomic mass is 19.1. The summed E-state index contributed by atoms with van der Waals surface area (Å²) in [6.45, 7) is 1.12. The van der Waals surface area contributed by atoms with Crippen LogP contribution in [0, 0.1) is 5.82 Å². The molecular weight excluding hydrogens is 403 g/mol. The Morgan fingerprint density at radius 3 is 2.70 bits per heavy atom. The van der Waals surface area contributed by atoms with E-state index in [1.54, 1.807) is 4.90 Å². The first-order chi connectivity index (χ1) is 14.3. The number of carboxylic acids is 1. The number of ether oxygens (including phenoxy) is 1. The number of aromatic nitrogens is 1. The molecule has 2 atom stereocenters. The Morgan fingerprint density at radius 1 is 1.33 bits per heavy atom. The number of carboxylic acid groups (broad SMARTS) is 1. The van der Waals surface area contributed by atoms with Crippen molar-refractivity contribution in [3.05, 3.63) is 39.9 Å². The summed E-state index contributed by atoms with van der Waals surface area (Å²) in [6, 6.07) is 2.33. The average Bonchev–Trinajstić information content (AvgIpc) is 3.17. The van der Waals surface area contributed by atoms with E-state index in [0.29, 0.717) is 26.2 Å². The van der Waals surface area contributed by atoms with Crippen LogP contribution in [0.15, 0.2) is 23.1 Å². The van der Waals surface area contributed by atoms with Crippen molar-refractivity contribution in [3.8, 4) is 0 Å². The van der Waals surface area contributed by atoms with Crippen LogP contribution in [0.25, 0.3) is 10.9 Å². The monoisotopic (exact) mass is 425 g/mol. The Labute approximate surface area is 170 Å². The Bertz CT molecular complexity index is 1040. The van der Waals surface area contributed by atoms with E-state index in [1.165, 1.54) is 13.0 Å². The van der Waals surface area contributed by atoms with E-state index >= 15 is 4.39 Å². The highest BCUT2D eigenvalue weighted by Crippen LogP contribution is 2.32. The molecule has 0 spiro atoms. The number of halogens is 3. The van der Waals surface area contributed by atoms with Gasteiger partial charge in [0.05, 0.1) is 35.5 Å². The smallest absolute Gasteiger partial charge is 0.341 e. The summed E-state index contributed by atoms with van der Waals surface area (Å²) in [6.07, 6.45) is 0.815. The van der Waals surface area contributed by atoms with E-state index in [4.69, 9.17) is 4.74 Å². The van der Waals surface area contributed by atoms with Gasteiger partial charge in [-0.25, -0.2) is 18.0 Å². The van der Waals surface area contributed by atoms with Crippen LogP contribution in [0.3, 0.4) is 0 Å². The fourth-order valence-corrected chi connectivity index (χ4v) is 4.13. The quantitative estimate of drug-likeness (QED) is 0.759. The van der Waals surface area contributed by atoms with Crippen LogP contribution >= 0.6 is 0 Å². The zero-order valence-electron chi connectivity index (χ0n) is 16.3. The van der Waals surface area contributed by atoms with Gasteiger partial charge in [0.15, 0.2) is 0 Å². The van der Waals surface area contributed by atoms with Crippen molar-refractivity contribution < 1.29 is 27.8 Å². The number of benzene rings is 1. The van der Waals surface area contributed by atoms with Gasteiger partial charge >= 0.3 is 5.97 Å². The average molecular weight is 425 g/mol. The van der Waals surface area contributed by atoms with Gasteiger partial charge in [0, 0.05) is 31.2 Å². The predicted octanol–water partition coefficient (Wildman–Crippen LogP) is 1.67. The van der Waals surface area contributed by atoms with Gasteiger partial charge in [0.1, 0.15) is 24.7 Å². The molecule has 4 rings (SSSR count). The number of rotatable bonds is 5. The molecule has 2 aliphatic heterocycles. The number of aromatic carboxylic acids is 1. The molecular formula is C20H22F3N3O4. The third-order valence-electron chi connectivity index (χ3n) is 5.91. The molecule has 2 aromatic rings. The zero-order chi connectivity index (χ0) is 21.6. The molecule has 30 heavy (non-hydrogen) atoms. The summed E-state index contributed by atoms with van der Waals surface area (Å²) >= 11 is 0. The number of nitrogens with one attached hydrogen (secondary N) is 1. The van der Waals surface area contributed by atoms with Crippen molar-refractivity contribution in [2.24, 2.45) is 0 Å². The van der Waals surface area contributed by atoms with E-state index < -0.39 is 41.7 Å². The first-order valence-corrected chi connectivity index (χ1v) is 9.63. The van der Waals surface area contributed by atoms with E-state index in [-0.39, 0.29) is 28.7 Å². The number of hydrogen-bond donors (Lipinski definition) is 2. The van der Waals surface area contributed by atoms with Crippen molar-refractivity contribution in [1.29, 1.82) is 0 Å². The highest BCUT2D eigenvalue weighted by molar-refractivity contribution is 5.93. The van der Waals surface area contributed by atoms with Gasteiger partial charge in [-0.2, -0.15) is 0 Å². The predicted molar refractivity (Wildman–Crippen MR) is 104 cm³/mol. The Balaban J connectivity index is 1.91. The van der Waals surface area contributed by atoms with E-state index in [1.807, 2.05) is 0 Å². The van der Waals surface area contributed by atoms with Crippen LogP contribution in [-0.2, 0) is 10.3 Å². The molecule has 1 aromatic carbocycles. The Morgan fingerprint density at radius 2 is 2.07 bits per heavy atom. The molecule has 10 heteroatoms. The van der Waals surface area contributed by atoms with Gasteiger partial charge in [-0.1, -0.05) is 0 Å². The summed E-state index contributed by atoms with van der Waals surface area (Å²) in [4.78, 5) is 25.9. The summed E-state index contributed by atoms with van der Waals surface area (Å²) < 4.78 is 49.4. The first-order valence-electron chi connectivity index (χ1n) is 9.63. The van der Waals surface area contributed by atoms with E-state index in [0.717, 1.165) is 16.8 Å². The lowest BCUT2D eigenvalue weighted by Gasteiger charge is -2.29. The maximum atomic E-state index is 15.0. The second-order valence-electron chi connectivity index (χ2n) is 8.01. The number of fused-ring (bicyclic) bond motifs is 2. The maximum Gasteiger partial charge on any atom is 0.341 e. The molecule has 0 bridgehead atoms. The fourth-order valence-electron chi connectivity index (χ4n) is 4.13. The van der Waals surface area contributed by atoms with Crippen molar-refractivity contribution >= 4 is 22.6 Å². The van der Waals surface area contributed by atoms with Crippen molar-refractivity contribution in [2.75, 3.05) is 44.5 Å². The standard InChI is InChI=1S/C20H22F3N3O4/c1-20(9-21,10-22)26-6-12(19(28)29)18(27)11-4-13(23)16(5-15(11)26)25-7-14-17(8-25)30-3-2-24-14/h4-6,14,17,24H,2-3,7-10H2,1H3,(H,28,29). The van der Waals surface area contributed by atoms with Crippen LogP contribution < -0.4 is 15.6 Å². The van der Waals surface area contributed by atoms with Gasteiger partial charge in [0.2, 0.25) is 5.43 Å². The van der Waals surface area contributed by atoms with Crippen molar-refractivity contribution in [2.45, 2.75) is 24.6 Å². The molecule has 7 nitrogen and oxygen atoms in total. The molecule has 3 heterocycles. The van der Waals surface area contributed by atoms with E-state index in [9.17, 15) is 23.5 Å². The molecule has 2 aliphatic rings. The van der Waals surface area contributed by atoms with Crippen LogP contribution in [-0.4, -0.2) is 67.4 Å². The molecule has 2 fully saturated rings. The van der Waals surface area contributed by atoms with E-state index in [2.05, 4.69) is 5.32 Å². The number of nitrogens with zero attached hydrogens (tertiary/aromatic N) is 2. The van der Waals surface area contributed by atoms with Gasteiger partial charge in [0.25, 0.3) is 0 Å². The lowest BCUT2D eigenvalue weighted by Crippen LogP contribution is -2.47. The maximum absolute atomic E-state index is 15.0. The summed E-state index contributed by atoms with van der Waals surface area (Å²) in [5.41, 5.74) is -3.08. The van der Waals surface area contributed by atoms with Gasteiger partial charge in [-0.05, 0) is 19.1 Å². The number of anilines is 1. The second-order valence-corrected chi connectivity index (χ2v) is 8.01. The first kappa shape index (κ1) is 20.7. The molecule has 0 amide bonds. The molecule has 0 saturated carbocycles. The van der Waals surface area contributed by atoms with Gasteiger partial charge in [-0.15, -0.1) is 0 Å². The molecule has 2 N–H and O–H groups in total. The lowest BCUT2D eigenvalue weighted by atomic mass is 10.0. The fraction of sp³-hybridized carbons (Fsp3) is 0.500. The summed E-state index contributed by atoms with van der Waals surface area (Å²) in [7, 11) is 0. The molecule has 2 saturated heterocycles. The van der Waals surface area contributed by atoms with Crippen LogP contribution in [0.1, 0.15) is 17.3 Å². The summed E-state index contributed by atoms with van der Waals surface area (Å²) in [5, 5.41) is 12.4. The highest BCUT2D eigenvalue weighted by Gasteiger charge is 2.37. The zero-order valence-corrected chi connectivity index (χ0v) is 16.3. The van der Waals surface area contributed by atoms with Crippen molar-refractivity contribution in [3.63, 3.8) is 0 Å². The van der Waals surface area contributed by atoms with Crippen molar-refractivity contribution in [1.82, 2.24) is 9.88 Å². The number of alkyl halides is 2. The number of pyridine rings is 1. The van der Waals surface area contributed by atoms with Crippen LogP contribution in [0.4, 0.5) is 18.9 Å². The molecule has 0 aliphatic carbocycles. The number of hydrogen-bond acceptors (Lipinski definition) is 5. The number of morpholine rings is 1. The Hall–Kier alpha value is -2.59. The van der Waals surface area contributed by atoms with Gasteiger partial charge in [-0.3, -0.25) is 4.79 Å². The third kappa shape index (κ3) is 3.24. The normalized spacial score (nSPS) is 21.8. The second kappa shape index (κ2) is 7.59. The minimum Gasteiger partial charge on any atom is -0.477 e. The Kier molecular flexibility index (Phi) is 5.23. The lowest BCUT2D eigenvalue weighted by molar-refractivity contribution is 0.0212. The molecule has 0 radical (unpaired) electrons. The van der Waals surface area contributed by atoms with Crippen LogP contribution in [0.5, 0.6) is 0 Å². The molecule has 1 aromatic heterocycles. The minimum absolute atomic E-state index is 0.0207. The number of carbonyl (C=O) groups is 1. The molecule has 2 unspecified atom stereocenters.